The van der Waals surface area contributed by atoms with Gasteiger partial charge < -0.3 is 14.8 Å². The predicted molar refractivity (Wildman–Crippen MR) is 72.9 cm³/mol. The van der Waals surface area contributed by atoms with E-state index in [-0.39, 0.29) is 11.9 Å². The van der Waals surface area contributed by atoms with Crippen molar-refractivity contribution < 1.29 is 13.9 Å². The molecule has 0 radical (unpaired) electrons. The van der Waals surface area contributed by atoms with Crippen LogP contribution in [0.1, 0.15) is 31.7 Å². The molecule has 1 fully saturated rings. The Labute approximate surface area is 114 Å². The monoisotopic (exact) mass is 267 g/mol. The molecule has 0 spiro atoms. The van der Waals surface area contributed by atoms with Gasteiger partial charge in [0.25, 0.3) is 0 Å². The van der Waals surface area contributed by atoms with Gasteiger partial charge in [-0.1, -0.05) is 6.92 Å². The lowest BCUT2D eigenvalue weighted by Gasteiger charge is -2.22. The second-order valence-electron chi connectivity index (χ2n) is 4.88. The van der Waals surface area contributed by atoms with Crippen molar-refractivity contribution in [2.45, 2.75) is 38.8 Å². The average Bonchev–Trinajstić information content (AvgIpc) is 2.43. The number of benzene rings is 1. The highest BCUT2D eigenvalue weighted by molar-refractivity contribution is 5.29. The average molecular weight is 267 g/mol. The molecule has 0 amide bonds. The number of halogens is 1. The summed E-state index contributed by atoms with van der Waals surface area (Å²) in [6.07, 6.45) is 3.49. The highest BCUT2D eigenvalue weighted by Crippen LogP contribution is 2.19. The van der Waals surface area contributed by atoms with Crippen LogP contribution in [0.3, 0.4) is 0 Å². The van der Waals surface area contributed by atoms with E-state index in [0.717, 1.165) is 31.6 Å². The molecule has 4 heteroatoms. The lowest BCUT2D eigenvalue weighted by molar-refractivity contribution is -0.0111. The zero-order chi connectivity index (χ0) is 13.5. The maximum absolute atomic E-state index is 13.5. The summed E-state index contributed by atoms with van der Waals surface area (Å²) in [4.78, 5) is 0. The second-order valence-corrected chi connectivity index (χ2v) is 4.88. The van der Waals surface area contributed by atoms with Crippen molar-refractivity contribution in [2.24, 2.45) is 0 Å². The molecule has 1 atom stereocenters. The molecule has 1 aromatic rings. The van der Waals surface area contributed by atoms with Crippen molar-refractivity contribution in [3.8, 4) is 5.75 Å². The quantitative estimate of drug-likeness (QED) is 0.859. The highest BCUT2D eigenvalue weighted by Gasteiger charge is 2.14. The smallest absolute Gasteiger partial charge is 0.127 e. The fourth-order valence-corrected chi connectivity index (χ4v) is 2.20. The Morgan fingerprint density at radius 1 is 1.37 bits per heavy atom. The third-order valence-electron chi connectivity index (χ3n) is 3.22. The molecular formula is C15H22FNO2. The molecule has 0 aromatic heterocycles. The fourth-order valence-electron chi connectivity index (χ4n) is 2.20. The topological polar surface area (TPSA) is 30.5 Å². The zero-order valence-corrected chi connectivity index (χ0v) is 11.5. The van der Waals surface area contributed by atoms with Crippen molar-refractivity contribution in [1.82, 2.24) is 5.32 Å². The summed E-state index contributed by atoms with van der Waals surface area (Å²) >= 11 is 0. The summed E-state index contributed by atoms with van der Waals surface area (Å²) < 4.78 is 24.7. The number of rotatable bonds is 6. The van der Waals surface area contributed by atoms with Crippen molar-refractivity contribution in [3.05, 3.63) is 29.6 Å². The van der Waals surface area contributed by atoms with E-state index < -0.39 is 0 Å². The number of hydrogen-bond acceptors (Lipinski definition) is 3. The van der Waals surface area contributed by atoms with Crippen LogP contribution in [0.5, 0.6) is 5.75 Å². The van der Waals surface area contributed by atoms with Gasteiger partial charge in [-0.05, 0) is 43.5 Å². The normalized spacial score (nSPS) is 19.4. The van der Waals surface area contributed by atoms with Crippen LogP contribution in [-0.4, -0.2) is 25.9 Å². The van der Waals surface area contributed by atoms with Crippen molar-refractivity contribution >= 4 is 0 Å². The molecule has 1 unspecified atom stereocenters. The molecule has 0 aliphatic carbocycles. The third kappa shape index (κ3) is 4.80. The largest absolute Gasteiger partial charge is 0.491 e. The Morgan fingerprint density at radius 3 is 3.00 bits per heavy atom. The molecule has 1 saturated heterocycles. The molecule has 2 rings (SSSR count). The minimum Gasteiger partial charge on any atom is -0.491 e. The van der Waals surface area contributed by atoms with Gasteiger partial charge in [0.05, 0.1) is 6.10 Å². The lowest BCUT2D eigenvalue weighted by Crippen LogP contribution is -2.25. The van der Waals surface area contributed by atoms with Gasteiger partial charge in [-0.3, -0.25) is 0 Å². The lowest BCUT2D eigenvalue weighted by atomic mass is 10.1. The van der Waals surface area contributed by atoms with Crippen LogP contribution >= 0.6 is 0 Å². The van der Waals surface area contributed by atoms with Gasteiger partial charge in [0.2, 0.25) is 0 Å². The van der Waals surface area contributed by atoms with Crippen LogP contribution in [0.25, 0.3) is 0 Å². The molecule has 0 bridgehead atoms. The van der Waals surface area contributed by atoms with Gasteiger partial charge >= 0.3 is 0 Å². The van der Waals surface area contributed by atoms with Gasteiger partial charge in [0.1, 0.15) is 18.2 Å². The van der Waals surface area contributed by atoms with Crippen LogP contribution in [0.2, 0.25) is 0 Å². The number of nitrogens with one attached hydrogen (secondary N) is 1. The summed E-state index contributed by atoms with van der Waals surface area (Å²) in [6.45, 7) is 4.86. The number of hydrogen-bond donors (Lipinski definition) is 1. The Morgan fingerprint density at radius 2 is 2.26 bits per heavy atom. The van der Waals surface area contributed by atoms with E-state index in [0.29, 0.717) is 18.9 Å². The van der Waals surface area contributed by atoms with E-state index in [1.807, 2.05) is 13.0 Å². The molecule has 1 aliphatic rings. The Kier molecular flexibility index (Phi) is 5.61. The molecule has 106 valence electrons. The summed E-state index contributed by atoms with van der Waals surface area (Å²) in [6, 6.07) is 4.85. The van der Waals surface area contributed by atoms with Crippen LogP contribution in [0.15, 0.2) is 18.2 Å². The summed E-state index contributed by atoms with van der Waals surface area (Å²) in [7, 11) is 0. The maximum atomic E-state index is 13.5. The molecule has 1 aromatic carbocycles. The molecule has 1 heterocycles. The van der Waals surface area contributed by atoms with Gasteiger partial charge in [-0.25, -0.2) is 4.39 Å². The number of ether oxygens (including phenoxy) is 2. The predicted octanol–water partition coefficient (Wildman–Crippen LogP) is 2.88. The molecule has 1 N–H and O–H groups in total. The van der Waals surface area contributed by atoms with E-state index in [9.17, 15) is 4.39 Å². The van der Waals surface area contributed by atoms with E-state index in [2.05, 4.69) is 5.32 Å². The highest BCUT2D eigenvalue weighted by atomic mass is 19.1. The second kappa shape index (κ2) is 7.46. The van der Waals surface area contributed by atoms with Crippen molar-refractivity contribution in [1.29, 1.82) is 0 Å². The first kappa shape index (κ1) is 14.3. The molecule has 19 heavy (non-hydrogen) atoms. The minimum absolute atomic E-state index is 0.147. The van der Waals surface area contributed by atoms with Crippen LogP contribution < -0.4 is 10.1 Å². The fraction of sp³-hybridized carbons (Fsp3) is 0.600. The first-order valence-corrected chi connectivity index (χ1v) is 7.02. The SMILES string of the molecule is CCNCc1cc(F)cc(OCC2CCCCO2)c1. The van der Waals surface area contributed by atoms with E-state index in [1.165, 1.54) is 18.6 Å². The molecule has 1 aliphatic heterocycles. The van der Waals surface area contributed by atoms with Crippen molar-refractivity contribution in [2.75, 3.05) is 19.8 Å². The van der Waals surface area contributed by atoms with Gasteiger partial charge in [0, 0.05) is 19.2 Å². The first-order valence-electron chi connectivity index (χ1n) is 7.02. The first-order chi connectivity index (χ1) is 9.28. The molecule has 3 nitrogen and oxygen atoms in total. The maximum Gasteiger partial charge on any atom is 0.127 e. The van der Waals surface area contributed by atoms with E-state index in [1.54, 1.807) is 0 Å². The van der Waals surface area contributed by atoms with Crippen LogP contribution in [0, 0.1) is 5.82 Å². The third-order valence-corrected chi connectivity index (χ3v) is 3.22. The van der Waals surface area contributed by atoms with Crippen LogP contribution in [-0.2, 0) is 11.3 Å². The van der Waals surface area contributed by atoms with Gasteiger partial charge in [0.15, 0.2) is 0 Å². The van der Waals surface area contributed by atoms with Gasteiger partial charge in [-0.2, -0.15) is 0 Å². The standard InChI is InChI=1S/C15H22FNO2/c1-2-17-10-12-7-13(16)9-15(8-12)19-11-14-5-3-4-6-18-14/h7-9,14,17H,2-6,10-11H2,1H3. The van der Waals surface area contributed by atoms with E-state index >= 15 is 0 Å². The Hall–Kier alpha value is -1.13. The summed E-state index contributed by atoms with van der Waals surface area (Å²) in [5.74, 6) is 0.331. The van der Waals surface area contributed by atoms with E-state index in [4.69, 9.17) is 9.47 Å². The van der Waals surface area contributed by atoms with Crippen LogP contribution in [0.4, 0.5) is 4.39 Å². The zero-order valence-electron chi connectivity index (χ0n) is 11.5. The Balaban J connectivity index is 1.89. The van der Waals surface area contributed by atoms with Gasteiger partial charge in [-0.15, -0.1) is 0 Å². The van der Waals surface area contributed by atoms with Crippen molar-refractivity contribution in [3.63, 3.8) is 0 Å². The molecule has 0 saturated carbocycles. The minimum atomic E-state index is -0.255. The molecular weight excluding hydrogens is 245 g/mol. The summed E-state index contributed by atoms with van der Waals surface area (Å²) in [5, 5.41) is 3.18. The Bertz CT molecular complexity index is 392. The summed E-state index contributed by atoms with van der Waals surface area (Å²) in [5.41, 5.74) is 0.904.